The zero-order valence-electron chi connectivity index (χ0n) is 7.29. The van der Waals surface area contributed by atoms with E-state index in [-0.39, 0.29) is 5.54 Å². The van der Waals surface area contributed by atoms with Gasteiger partial charge in [-0.2, -0.15) is 4.37 Å². The Morgan fingerprint density at radius 3 is 3.00 bits per heavy atom. The van der Waals surface area contributed by atoms with Crippen LogP contribution in [0.5, 0.6) is 0 Å². The highest BCUT2D eigenvalue weighted by atomic mass is 32.1. The van der Waals surface area contributed by atoms with Crippen molar-refractivity contribution in [2.75, 3.05) is 0 Å². The molecule has 1 rings (SSSR count). The van der Waals surface area contributed by atoms with Crippen molar-refractivity contribution in [3.05, 3.63) is 17.1 Å². The van der Waals surface area contributed by atoms with Gasteiger partial charge in [0.15, 0.2) is 0 Å². The lowest BCUT2D eigenvalue weighted by molar-refractivity contribution is 0.586. The van der Waals surface area contributed by atoms with Gasteiger partial charge in [0.1, 0.15) is 0 Å². The van der Waals surface area contributed by atoms with Gasteiger partial charge in [0.25, 0.3) is 0 Å². The van der Waals surface area contributed by atoms with E-state index in [1.54, 1.807) is 6.20 Å². The average Bonchev–Trinajstić information content (AvgIpc) is 2.53. The van der Waals surface area contributed by atoms with Gasteiger partial charge in [-0.25, -0.2) is 0 Å². The predicted molar refractivity (Wildman–Crippen MR) is 51.9 cm³/mol. The first-order chi connectivity index (χ1) is 5.64. The lowest BCUT2D eigenvalue weighted by Crippen LogP contribution is -2.32. The minimum Gasteiger partial charge on any atom is -0.315 e. The van der Waals surface area contributed by atoms with Crippen molar-refractivity contribution in [3.8, 4) is 11.8 Å². The first-order valence-corrected chi connectivity index (χ1v) is 4.64. The lowest BCUT2D eigenvalue weighted by Gasteiger charge is -2.12. The summed E-state index contributed by atoms with van der Waals surface area (Å²) in [5, 5.41) is 0. The van der Waals surface area contributed by atoms with Crippen LogP contribution in [0.1, 0.15) is 25.1 Å². The van der Waals surface area contributed by atoms with E-state index in [1.807, 2.05) is 19.9 Å². The largest absolute Gasteiger partial charge is 0.315 e. The summed E-state index contributed by atoms with van der Waals surface area (Å²) >= 11 is 1.39. The molecule has 0 aliphatic carbocycles. The molecule has 0 aromatic carbocycles. The highest BCUT2D eigenvalue weighted by Crippen LogP contribution is 2.05. The van der Waals surface area contributed by atoms with Crippen LogP contribution in [0.4, 0.5) is 0 Å². The molecule has 2 nitrogen and oxygen atoms in total. The van der Waals surface area contributed by atoms with E-state index in [0.29, 0.717) is 0 Å². The van der Waals surface area contributed by atoms with Crippen molar-refractivity contribution in [3.63, 3.8) is 0 Å². The summed E-state index contributed by atoms with van der Waals surface area (Å²) in [5.41, 5.74) is 5.47. The van der Waals surface area contributed by atoms with Gasteiger partial charge in [-0.1, -0.05) is 18.8 Å². The third-order valence-corrected chi connectivity index (χ3v) is 2.31. The van der Waals surface area contributed by atoms with Crippen LogP contribution in [0.25, 0.3) is 0 Å². The fraction of sp³-hybridized carbons (Fsp3) is 0.444. The zero-order valence-corrected chi connectivity index (χ0v) is 8.11. The number of nitrogens with zero attached hydrogens (tertiary/aromatic N) is 1. The molecule has 1 atom stereocenters. The average molecular weight is 180 g/mol. The summed E-state index contributed by atoms with van der Waals surface area (Å²) in [5.74, 6) is 6.01. The summed E-state index contributed by atoms with van der Waals surface area (Å²) in [7, 11) is 0. The summed E-state index contributed by atoms with van der Waals surface area (Å²) in [6.45, 7) is 3.96. The predicted octanol–water partition coefficient (Wildman–Crippen LogP) is 1.62. The van der Waals surface area contributed by atoms with Gasteiger partial charge in [-0.3, -0.25) is 0 Å². The molecule has 12 heavy (non-hydrogen) atoms. The fourth-order valence-electron chi connectivity index (χ4n) is 0.573. The van der Waals surface area contributed by atoms with E-state index in [2.05, 4.69) is 16.2 Å². The molecule has 0 saturated heterocycles. The summed E-state index contributed by atoms with van der Waals surface area (Å²) in [6, 6.07) is 1.89. The SMILES string of the molecule is CCC(C)(N)C#Cc1ccns1. The van der Waals surface area contributed by atoms with Crippen LogP contribution >= 0.6 is 11.5 Å². The molecule has 1 unspecified atom stereocenters. The van der Waals surface area contributed by atoms with Crippen LogP contribution in [-0.2, 0) is 0 Å². The molecule has 0 spiro atoms. The van der Waals surface area contributed by atoms with Gasteiger partial charge in [-0.15, -0.1) is 0 Å². The number of hydrogen-bond acceptors (Lipinski definition) is 3. The fourth-order valence-corrected chi connectivity index (χ4v) is 1.03. The molecular weight excluding hydrogens is 168 g/mol. The molecule has 0 bridgehead atoms. The van der Waals surface area contributed by atoms with Gasteiger partial charge in [0, 0.05) is 6.20 Å². The van der Waals surface area contributed by atoms with Crippen LogP contribution in [0, 0.1) is 11.8 Å². The third-order valence-electron chi connectivity index (χ3n) is 1.64. The first kappa shape index (κ1) is 9.24. The Morgan fingerprint density at radius 1 is 1.75 bits per heavy atom. The highest BCUT2D eigenvalue weighted by Gasteiger charge is 2.09. The maximum atomic E-state index is 5.84. The molecule has 0 amide bonds. The third kappa shape index (κ3) is 2.65. The molecule has 0 saturated carbocycles. The van der Waals surface area contributed by atoms with Crippen LogP contribution in [0.15, 0.2) is 12.3 Å². The maximum absolute atomic E-state index is 5.84. The number of aromatic nitrogens is 1. The Balaban J connectivity index is 2.72. The van der Waals surface area contributed by atoms with Crippen molar-refractivity contribution >= 4 is 11.5 Å². The Bertz CT molecular complexity index is 290. The molecule has 0 fully saturated rings. The van der Waals surface area contributed by atoms with Crippen molar-refractivity contribution in [2.45, 2.75) is 25.8 Å². The second-order valence-corrected chi connectivity index (χ2v) is 3.73. The van der Waals surface area contributed by atoms with E-state index in [4.69, 9.17) is 5.73 Å². The summed E-state index contributed by atoms with van der Waals surface area (Å²) < 4.78 is 3.95. The van der Waals surface area contributed by atoms with Crippen LogP contribution < -0.4 is 5.73 Å². The molecule has 2 N–H and O–H groups in total. The molecule has 1 heterocycles. The van der Waals surface area contributed by atoms with Gasteiger partial charge < -0.3 is 5.73 Å². The zero-order chi connectivity index (χ0) is 9.03. The minimum atomic E-state index is -0.371. The molecule has 1 aromatic heterocycles. The summed E-state index contributed by atoms with van der Waals surface area (Å²) in [4.78, 5) is 0.972. The number of nitrogens with two attached hydrogens (primary N) is 1. The van der Waals surface area contributed by atoms with Gasteiger partial charge >= 0.3 is 0 Å². The molecule has 0 radical (unpaired) electrons. The Labute approximate surface area is 77.0 Å². The standard InChI is InChI=1S/C9H12N2S/c1-3-9(2,10)6-4-8-5-7-11-12-8/h5,7H,3,10H2,1-2H3. The van der Waals surface area contributed by atoms with Gasteiger partial charge in [0.2, 0.25) is 0 Å². The smallest absolute Gasteiger partial charge is 0.0975 e. The molecule has 0 aliphatic rings. The second kappa shape index (κ2) is 3.70. The van der Waals surface area contributed by atoms with Gasteiger partial charge in [0.05, 0.1) is 10.4 Å². The number of rotatable bonds is 1. The van der Waals surface area contributed by atoms with Crippen LogP contribution in [-0.4, -0.2) is 9.91 Å². The second-order valence-electron chi connectivity index (χ2n) is 2.90. The molecule has 64 valence electrons. The van der Waals surface area contributed by atoms with E-state index in [0.717, 1.165) is 11.3 Å². The van der Waals surface area contributed by atoms with Crippen molar-refractivity contribution in [2.24, 2.45) is 5.73 Å². The quantitative estimate of drug-likeness (QED) is 0.667. The van der Waals surface area contributed by atoms with E-state index < -0.39 is 0 Å². The minimum absolute atomic E-state index is 0.371. The van der Waals surface area contributed by atoms with Crippen LogP contribution in [0.3, 0.4) is 0 Å². The summed E-state index contributed by atoms with van der Waals surface area (Å²) in [6.07, 6.45) is 2.60. The van der Waals surface area contributed by atoms with Crippen molar-refractivity contribution < 1.29 is 0 Å². The van der Waals surface area contributed by atoms with Crippen molar-refractivity contribution in [1.82, 2.24) is 4.37 Å². The Hall–Kier alpha value is -0.850. The Kier molecular flexibility index (Phi) is 2.85. The van der Waals surface area contributed by atoms with E-state index in [1.165, 1.54) is 11.5 Å². The topological polar surface area (TPSA) is 38.9 Å². The first-order valence-electron chi connectivity index (χ1n) is 3.87. The molecule has 3 heteroatoms. The highest BCUT2D eigenvalue weighted by molar-refractivity contribution is 7.06. The normalized spacial score (nSPS) is 14.6. The van der Waals surface area contributed by atoms with E-state index >= 15 is 0 Å². The van der Waals surface area contributed by atoms with Gasteiger partial charge in [-0.05, 0) is 30.9 Å². The van der Waals surface area contributed by atoms with E-state index in [9.17, 15) is 0 Å². The molecule has 1 aromatic rings. The molecule has 0 aliphatic heterocycles. The molecular formula is C9H12N2S. The van der Waals surface area contributed by atoms with Crippen LogP contribution in [0.2, 0.25) is 0 Å². The maximum Gasteiger partial charge on any atom is 0.0975 e. The monoisotopic (exact) mass is 180 g/mol. The number of hydrogen-bond donors (Lipinski definition) is 1. The van der Waals surface area contributed by atoms with Crippen molar-refractivity contribution in [1.29, 1.82) is 0 Å². The Morgan fingerprint density at radius 2 is 2.50 bits per heavy atom. The lowest BCUT2D eigenvalue weighted by atomic mass is 10.0.